The molecule has 0 unspecified atom stereocenters. The third-order valence-corrected chi connectivity index (χ3v) is 5.83. The quantitative estimate of drug-likeness (QED) is 0.467. The van der Waals surface area contributed by atoms with Gasteiger partial charge in [-0.1, -0.05) is 42.1 Å². The maximum absolute atomic E-state index is 12.6. The van der Waals surface area contributed by atoms with Crippen molar-refractivity contribution >= 4 is 28.5 Å². The van der Waals surface area contributed by atoms with E-state index in [2.05, 4.69) is 0 Å². The number of aromatic hydroxyl groups is 2. The van der Waals surface area contributed by atoms with Gasteiger partial charge in [0.05, 0.1) is 5.56 Å². The van der Waals surface area contributed by atoms with Gasteiger partial charge in [-0.05, 0) is 29.8 Å². The number of benzene rings is 3. The van der Waals surface area contributed by atoms with Crippen LogP contribution in [0.5, 0.6) is 11.5 Å². The Morgan fingerprint density at radius 2 is 1.78 bits per heavy atom. The number of furan rings is 1. The first-order valence-corrected chi connectivity index (χ1v) is 9.29. The minimum atomic E-state index is -0.187. The smallest absolute Gasteiger partial charge is 0.172 e. The Morgan fingerprint density at radius 1 is 0.926 bits per heavy atom. The summed E-state index contributed by atoms with van der Waals surface area (Å²) >= 11 is 1.37. The average Bonchev–Trinajstić information content (AvgIpc) is 3.00. The molecule has 1 aliphatic rings. The zero-order valence-corrected chi connectivity index (χ0v) is 14.9. The van der Waals surface area contributed by atoms with Crippen molar-refractivity contribution in [3.05, 3.63) is 71.8 Å². The van der Waals surface area contributed by atoms with Crippen LogP contribution < -0.4 is 0 Å². The summed E-state index contributed by atoms with van der Waals surface area (Å²) in [6.07, 6.45) is 0.202. The molecular weight excluding hydrogens is 360 g/mol. The zero-order valence-electron chi connectivity index (χ0n) is 14.1. The van der Waals surface area contributed by atoms with E-state index in [-0.39, 0.29) is 29.3 Å². The molecule has 0 saturated carbocycles. The third kappa shape index (κ3) is 2.67. The fourth-order valence-corrected chi connectivity index (χ4v) is 4.59. The summed E-state index contributed by atoms with van der Waals surface area (Å²) in [5.74, 6) is 0.343. The first kappa shape index (κ1) is 16.0. The number of phenolic OH excluding ortho intramolecular Hbond substituents is 2. The number of carbonyl (C=O) groups excluding carboxylic acids is 1. The number of carbonyl (C=O) groups is 1. The molecule has 0 amide bonds. The molecule has 27 heavy (non-hydrogen) atoms. The fraction of sp³-hybridized carbons (Fsp3) is 0.0455. The number of hydrogen-bond donors (Lipinski definition) is 2. The van der Waals surface area contributed by atoms with Crippen LogP contribution in [-0.4, -0.2) is 16.0 Å². The van der Waals surface area contributed by atoms with Gasteiger partial charge in [0.2, 0.25) is 0 Å². The largest absolute Gasteiger partial charge is 0.508 e. The van der Waals surface area contributed by atoms with Crippen LogP contribution in [-0.2, 0) is 6.42 Å². The average molecular weight is 374 g/mol. The predicted molar refractivity (Wildman–Crippen MR) is 104 cm³/mol. The molecule has 0 bridgehead atoms. The molecule has 0 fully saturated rings. The van der Waals surface area contributed by atoms with Gasteiger partial charge in [-0.2, -0.15) is 0 Å². The number of ketones is 1. The molecule has 5 heteroatoms. The molecule has 0 atom stereocenters. The predicted octanol–water partition coefficient (Wildman–Crippen LogP) is 5.40. The first-order chi connectivity index (χ1) is 13.1. The van der Waals surface area contributed by atoms with E-state index in [4.69, 9.17) is 4.42 Å². The van der Waals surface area contributed by atoms with Crippen LogP contribution in [0.4, 0.5) is 0 Å². The van der Waals surface area contributed by atoms with E-state index in [1.807, 2.05) is 48.5 Å². The van der Waals surface area contributed by atoms with Crippen LogP contribution in [0.3, 0.4) is 0 Å². The maximum atomic E-state index is 12.6. The summed E-state index contributed by atoms with van der Waals surface area (Å²) in [7, 11) is 0. The highest BCUT2D eigenvalue weighted by molar-refractivity contribution is 7.99. The fourth-order valence-electron chi connectivity index (χ4n) is 3.40. The molecule has 2 heterocycles. The Balaban J connectivity index is 1.63. The highest BCUT2D eigenvalue weighted by Crippen LogP contribution is 2.43. The van der Waals surface area contributed by atoms with E-state index in [1.165, 1.54) is 23.9 Å². The van der Waals surface area contributed by atoms with Gasteiger partial charge >= 0.3 is 0 Å². The third-order valence-electron chi connectivity index (χ3n) is 4.69. The van der Waals surface area contributed by atoms with Crippen molar-refractivity contribution in [2.75, 3.05) is 0 Å². The number of fused-ring (bicyclic) bond motifs is 3. The van der Waals surface area contributed by atoms with E-state index < -0.39 is 0 Å². The SMILES string of the molecule is O=C1Cc2ccc(-c3cc4ccccc4o3)cc2Sc2cc(O)cc(O)c21. The second kappa shape index (κ2) is 5.93. The van der Waals surface area contributed by atoms with Crippen LogP contribution in [0, 0.1) is 0 Å². The molecule has 5 rings (SSSR count). The minimum Gasteiger partial charge on any atom is -0.508 e. The molecule has 3 aromatic carbocycles. The highest BCUT2D eigenvalue weighted by Gasteiger charge is 2.25. The Labute approximate surface area is 159 Å². The molecule has 2 N–H and O–H groups in total. The molecule has 0 saturated heterocycles. The molecule has 0 aliphatic carbocycles. The van der Waals surface area contributed by atoms with Gasteiger partial charge in [-0.3, -0.25) is 4.79 Å². The molecule has 132 valence electrons. The lowest BCUT2D eigenvalue weighted by molar-refractivity contribution is 0.0987. The number of rotatable bonds is 1. The van der Waals surface area contributed by atoms with Gasteiger partial charge in [0, 0.05) is 33.2 Å². The number of hydrogen-bond acceptors (Lipinski definition) is 5. The summed E-state index contributed by atoms with van der Waals surface area (Å²) in [4.78, 5) is 14.1. The van der Waals surface area contributed by atoms with Crippen molar-refractivity contribution in [2.45, 2.75) is 16.2 Å². The van der Waals surface area contributed by atoms with Crippen LogP contribution in [0.15, 0.2) is 74.9 Å². The van der Waals surface area contributed by atoms with Gasteiger partial charge < -0.3 is 14.6 Å². The molecule has 4 aromatic rings. The topological polar surface area (TPSA) is 70.7 Å². The normalized spacial score (nSPS) is 13.3. The van der Waals surface area contributed by atoms with Crippen LogP contribution >= 0.6 is 11.8 Å². The number of para-hydroxylation sites is 1. The lowest BCUT2D eigenvalue weighted by Gasteiger charge is -2.08. The standard InChI is InChI=1S/C22H14O4S/c23-15-10-17(25)22-16(24)7-14-6-5-13(9-20(14)27-21(22)11-15)19-8-12-3-1-2-4-18(12)26-19/h1-6,8-11,23,25H,7H2. The van der Waals surface area contributed by atoms with Crippen LogP contribution in [0.25, 0.3) is 22.3 Å². The van der Waals surface area contributed by atoms with Crippen molar-refractivity contribution in [1.29, 1.82) is 0 Å². The summed E-state index contributed by atoms with van der Waals surface area (Å²) in [5, 5.41) is 21.0. The molecule has 1 aliphatic heterocycles. The lowest BCUT2D eigenvalue weighted by atomic mass is 10.0. The Kier molecular flexibility index (Phi) is 3.52. The molecule has 0 spiro atoms. The van der Waals surface area contributed by atoms with Gasteiger partial charge in [-0.15, -0.1) is 0 Å². The highest BCUT2D eigenvalue weighted by atomic mass is 32.2. The number of Topliss-reactive ketones (excluding diaryl/α,β-unsaturated/α-hetero) is 1. The van der Waals surface area contributed by atoms with E-state index in [1.54, 1.807) is 0 Å². The van der Waals surface area contributed by atoms with Crippen molar-refractivity contribution in [3.8, 4) is 22.8 Å². The van der Waals surface area contributed by atoms with E-state index in [0.29, 0.717) is 4.90 Å². The van der Waals surface area contributed by atoms with Crippen molar-refractivity contribution in [1.82, 2.24) is 0 Å². The van der Waals surface area contributed by atoms with E-state index >= 15 is 0 Å². The second-order valence-electron chi connectivity index (χ2n) is 6.51. The van der Waals surface area contributed by atoms with Crippen LogP contribution in [0.1, 0.15) is 15.9 Å². The van der Waals surface area contributed by atoms with Gasteiger partial charge in [0.1, 0.15) is 22.8 Å². The lowest BCUT2D eigenvalue weighted by Crippen LogP contribution is -2.03. The van der Waals surface area contributed by atoms with Crippen LogP contribution in [0.2, 0.25) is 0 Å². The number of phenols is 2. The summed E-state index contributed by atoms with van der Waals surface area (Å²) in [6.45, 7) is 0. The van der Waals surface area contributed by atoms with E-state index in [0.717, 1.165) is 32.8 Å². The van der Waals surface area contributed by atoms with Crippen molar-refractivity contribution < 1.29 is 19.4 Å². The van der Waals surface area contributed by atoms with E-state index in [9.17, 15) is 15.0 Å². The van der Waals surface area contributed by atoms with Gasteiger partial charge in [0.15, 0.2) is 5.78 Å². The molecule has 4 nitrogen and oxygen atoms in total. The molecule has 1 aromatic heterocycles. The van der Waals surface area contributed by atoms with Gasteiger partial charge in [-0.25, -0.2) is 0 Å². The zero-order chi connectivity index (χ0) is 18.5. The summed E-state index contributed by atoms with van der Waals surface area (Å²) < 4.78 is 5.95. The summed E-state index contributed by atoms with van der Waals surface area (Å²) in [6, 6.07) is 18.4. The maximum Gasteiger partial charge on any atom is 0.172 e. The Morgan fingerprint density at radius 3 is 2.63 bits per heavy atom. The summed E-state index contributed by atoms with van der Waals surface area (Å²) in [5.41, 5.74) is 2.89. The van der Waals surface area contributed by atoms with Gasteiger partial charge in [0.25, 0.3) is 0 Å². The molecular formula is C22H14O4S. The Hall–Kier alpha value is -3.18. The second-order valence-corrected chi connectivity index (χ2v) is 7.59. The van der Waals surface area contributed by atoms with Crippen molar-refractivity contribution in [3.63, 3.8) is 0 Å². The monoisotopic (exact) mass is 374 g/mol. The van der Waals surface area contributed by atoms with Crippen molar-refractivity contribution in [2.24, 2.45) is 0 Å². The minimum absolute atomic E-state index is 0.0663. The molecule has 0 radical (unpaired) electrons. The Bertz CT molecular complexity index is 1190. The first-order valence-electron chi connectivity index (χ1n) is 8.47.